The van der Waals surface area contributed by atoms with Crippen LogP contribution in [0.5, 0.6) is 11.5 Å². The summed E-state index contributed by atoms with van der Waals surface area (Å²) in [4.78, 5) is 12.3. The first-order chi connectivity index (χ1) is 13.4. The van der Waals surface area contributed by atoms with E-state index >= 15 is 0 Å². The van der Waals surface area contributed by atoms with Gasteiger partial charge in [0.15, 0.2) is 11.5 Å². The average molecular weight is 480 g/mol. The molecule has 8 heteroatoms. The van der Waals surface area contributed by atoms with Gasteiger partial charge in [-0.05, 0) is 51.3 Å². The van der Waals surface area contributed by atoms with Crippen molar-refractivity contribution >= 4 is 45.2 Å². The van der Waals surface area contributed by atoms with Gasteiger partial charge in [0.05, 0.1) is 28.3 Å². The summed E-state index contributed by atoms with van der Waals surface area (Å²) in [7, 11) is 1.45. The second-order valence-corrected chi connectivity index (χ2v) is 8.40. The number of allylic oxidation sites excluding steroid dienone is 1. The molecule has 1 amide bonds. The summed E-state index contributed by atoms with van der Waals surface area (Å²) in [6, 6.07) is 13.0. The molecule has 1 aliphatic heterocycles. The molecule has 0 aromatic heterocycles. The summed E-state index contributed by atoms with van der Waals surface area (Å²) in [6.45, 7) is 0. The molecule has 1 unspecified atom stereocenters. The number of methoxy groups -OCH3 is 1. The van der Waals surface area contributed by atoms with E-state index in [0.29, 0.717) is 25.9 Å². The number of rotatable bonds is 5. The molecule has 1 atom stereocenters. The first-order valence-corrected chi connectivity index (χ1v) is 10.5. The van der Waals surface area contributed by atoms with E-state index in [1.54, 1.807) is 24.3 Å². The average Bonchev–Trinajstić information content (AvgIpc) is 2.69. The third-order valence-electron chi connectivity index (χ3n) is 4.33. The second kappa shape index (κ2) is 8.91. The Morgan fingerprint density at radius 2 is 2.11 bits per heavy atom. The first-order valence-electron chi connectivity index (χ1n) is 8.30. The molecule has 0 saturated heterocycles. The smallest absolute Gasteiger partial charge is 0.225 e. The van der Waals surface area contributed by atoms with Crippen molar-refractivity contribution in [1.82, 2.24) is 5.32 Å². The van der Waals surface area contributed by atoms with Crippen LogP contribution in [-0.4, -0.2) is 18.1 Å². The largest absolute Gasteiger partial charge is 0.503 e. The highest BCUT2D eigenvalue weighted by atomic mass is 79.9. The highest BCUT2D eigenvalue weighted by Gasteiger charge is 2.30. The highest BCUT2D eigenvalue weighted by Crippen LogP contribution is 2.42. The molecular formula is C20H16BrClN2O3S. The lowest BCUT2D eigenvalue weighted by molar-refractivity contribution is -0.120. The number of hydrogen-bond donors (Lipinski definition) is 2. The van der Waals surface area contributed by atoms with Crippen molar-refractivity contribution in [3.05, 3.63) is 67.6 Å². The molecule has 0 radical (unpaired) electrons. The monoisotopic (exact) mass is 478 g/mol. The molecule has 2 aromatic rings. The maximum atomic E-state index is 12.3. The molecule has 3 rings (SSSR count). The Bertz CT molecular complexity index is 986. The molecule has 1 aliphatic rings. The van der Waals surface area contributed by atoms with Gasteiger partial charge in [0.1, 0.15) is 0 Å². The van der Waals surface area contributed by atoms with Crippen LogP contribution in [-0.2, 0) is 10.5 Å². The molecule has 28 heavy (non-hydrogen) atoms. The minimum atomic E-state index is -0.419. The normalized spacial score (nSPS) is 16.5. The topological polar surface area (TPSA) is 82.3 Å². The molecule has 5 nitrogen and oxygen atoms in total. The fourth-order valence-corrected chi connectivity index (χ4v) is 4.52. The standard InChI is InChI=1S/C20H16BrClN2O3S/c1-27-17-7-12(6-16(21)19(17)26)14-8-18(25)24-20(15(14)9-23)28-10-11-2-4-13(22)5-3-11/h2-7,14,26H,8,10H2,1H3,(H,24,25). The summed E-state index contributed by atoms with van der Waals surface area (Å²) in [5.74, 6) is 0.269. The summed E-state index contributed by atoms with van der Waals surface area (Å²) in [5.41, 5.74) is 2.24. The number of carbonyl (C=O) groups is 1. The molecule has 144 valence electrons. The molecule has 0 spiro atoms. The van der Waals surface area contributed by atoms with Gasteiger partial charge < -0.3 is 15.2 Å². The van der Waals surface area contributed by atoms with Crippen LogP contribution in [0.15, 0.2) is 51.5 Å². The number of benzene rings is 2. The van der Waals surface area contributed by atoms with Crippen LogP contribution in [0.2, 0.25) is 5.02 Å². The van der Waals surface area contributed by atoms with Gasteiger partial charge in [-0.25, -0.2) is 0 Å². The van der Waals surface area contributed by atoms with Crippen molar-refractivity contribution in [1.29, 1.82) is 5.26 Å². The van der Waals surface area contributed by atoms with Gasteiger partial charge >= 0.3 is 0 Å². The van der Waals surface area contributed by atoms with E-state index in [1.807, 2.05) is 12.1 Å². The zero-order valence-electron chi connectivity index (χ0n) is 14.8. The van der Waals surface area contributed by atoms with Crippen LogP contribution in [0.1, 0.15) is 23.5 Å². The van der Waals surface area contributed by atoms with Crippen LogP contribution in [0.3, 0.4) is 0 Å². The van der Waals surface area contributed by atoms with E-state index < -0.39 is 5.92 Å². The minimum absolute atomic E-state index is 0.0219. The van der Waals surface area contributed by atoms with Gasteiger partial charge in [-0.3, -0.25) is 4.79 Å². The summed E-state index contributed by atoms with van der Waals surface area (Å²) < 4.78 is 5.64. The molecule has 2 aromatic carbocycles. The second-order valence-electron chi connectivity index (χ2n) is 6.13. The van der Waals surface area contributed by atoms with Crippen LogP contribution < -0.4 is 10.1 Å². The van der Waals surface area contributed by atoms with Gasteiger partial charge in [-0.15, -0.1) is 11.8 Å². The maximum Gasteiger partial charge on any atom is 0.225 e. The van der Waals surface area contributed by atoms with Crippen LogP contribution in [0.25, 0.3) is 0 Å². The number of ether oxygens (including phenoxy) is 1. The minimum Gasteiger partial charge on any atom is -0.503 e. The van der Waals surface area contributed by atoms with Crippen molar-refractivity contribution in [2.45, 2.75) is 18.1 Å². The Kier molecular flexibility index (Phi) is 6.55. The predicted molar refractivity (Wildman–Crippen MR) is 113 cm³/mol. The number of nitriles is 1. The molecule has 1 heterocycles. The van der Waals surface area contributed by atoms with Gasteiger partial charge in [0.25, 0.3) is 0 Å². The number of thioether (sulfide) groups is 1. The van der Waals surface area contributed by atoms with Gasteiger partial charge in [-0.1, -0.05) is 23.7 Å². The Hall–Kier alpha value is -2.14. The molecule has 0 aliphatic carbocycles. The summed E-state index contributed by atoms with van der Waals surface area (Å²) >= 11 is 10.6. The number of carbonyl (C=O) groups excluding carboxylic acids is 1. The fourth-order valence-electron chi connectivity index (χ4n) is 2.90. The third kappa shape index (κ3) is 4.46. The Morgan fingerprint density at radius 1 is 1.39 bits per heavy atom. The summed E-state index contributed by atoms with van der Waals surface area (Å²) in [6.07, 6.45) is 0.147. The molecule has 0 saturated carbocycles. The zero-order valence-corrected chi connectivity index (χ0v) is 18.0. The van der Waals surface area contributed by atoms with E-state index in [-0.39, 0.29) is 23.8 Å². The molecule has 0 bridgehead atoms. The first kappa shape index (κ1) is 20.6. The van der Waals surface area contributed by atoms with Crippen LogP contribution in [0.4, 0.5) is 0 Å². The van der Waals surface area contributed by atoms with Crippen LogP contribution >= 0.6 is 39.3 Å². The van der Waals surface area contributed by atoms with E-state index in [0.717, 1.165) is 11.1 Å². The Labute approximate surface area is 180 Å². The van der Waals surface area contributed by atoms with E-state index in [4.69, 9.17) is 16.3 Å². The number of nitrogens with zero attached hydrogens (tertiary/aromatic N) is 1. The van der Waals surface area contributed by atoms with E-state index in [9.17, 15) is 15.2 Å². The lowest BCUT2D eigenvalue weighted by Gasteiger charge is -2.25. The van der Waals surface area contributed by atoms with Crippen molar-refractivity contribution < 1.29 is 14.6 Å². The van der Waals surface area contributed by atoms with Crippen molar-refractivity contribution in [3.63, 3.8) is 0 Å². The third-order valence-corrected chi connectivity index (χ3v) is 6.27. The van der Waals surface area contributed by atoms with Crippen LogP contribution in [0, 0.1) is 11.3 Å². The van der Waals surface area contributed by atoms with Crippen molar-refractivity contribution in [2.24, 2.45) is 0 Å². The van der Waals surface area contributed by atoms with Gasteiger partial charge in [0, 0.05) is 23.1 Å². The van der Waals surface area contributed by atoms with E-state index in [2.05, 4.69) is 27.3 Å². The number of hydrogen-bond acceptors (Lipinski definition) is 5. The number of phenolic OH excluding ortho intramolecular Hbond substituents is 1. The molecular weight excluding hydrogens is 464 g/mol. The SMILES string of the molecule is COc1cc(C2CC(=O)NC(SCc3ccc(Cl)cc3)=C2C#N)cc(Br)c1O. The van der Waals surface area contributed by atoms with Gasteiger partial charge in [0.2, 0.25) is 5.91 Å². The van der Waals surface area contributed by atoms with E-state index in [1.165, 1.54) is 18.9 Å². The Balaban J connectivity index is 1.94. The number of amides is 1. The maximum absolute atomic E-state index is 12.3. The van der Waals surface area contributed by atoms with Crippen molar-refractivity contribution in [3.8, 4) is 17.6 Å². The highest BCUT2D eigenvalue weighted by molar-refractivity contribution is 9.10. The number of aromatic hydroxyl groups is 1. The van der Waals surface area contributed by atoms with Crippen molar-refractivity contribution in [2.75, 3.05) is 7.11 Å². The lowest BCUT2D eigenvalue weighted by atomic mass is 9.87. The summed E-state index contributed by atoms with van der Waals surface area (Å²) in [5, 5.41) is 23.8. The fraction of sp³-hybridized carbons (Fsp3) is 0.200. The predicted octanol–water partition coefficient (Wildman–Crippen LogP) is 5.09. The lowest BCUT2D eigenvalue weighted by Crippen LogP contribution is -2.30. The number of phenols is 1. The Morgan fingerprint density at radius 3 is 2.75 bits per heavy atom. The number of nitrogens with one attached hydrogen (secondary N) is 1. The zero-order chi connectivity index (χ0) is 20.3. The molecule has 2 N–H and O–H groups in total. The molecule has 0 fully saturated rings. The number of halogens is 2. The quantitative estimate of drug-likeness (QED) is 0.624. The van der Waals surface area contributed by atoms with Gasteiger partial charge in [-0.2, -0.15) is 5.26 Å².